The molecule has 126 valence electrons. The zero-order chi connectivity index (χ0) is 16.7. The molecule has 1 unspecified atom stereocenters. The molecule has 0 aliphatic carbocycles. The van der Waals surface area contributed by atoms with E-state index in [0.29, 0.717) is 24.1 Å². The Morgan fingerprint density at radius 2 is 2.00 bits per heavy atom. The minimum absolute atomic E-state index is 0.0224. The second kappa shape index (κ2) is 6.14. The molecular formula is C17H21N5OS. The summed E-state index contributed by atoms with van der Waals surface area (Å²) >= 11 is 1.38. The van der Waals surface area contributed by atoms with Crippen LogP contribution >= 0.6 is 11.3 Å². The summed E-state index contributed by atoms with van der Waals surface area (Å²) in [6, 6.07) is 8.88. The van der Waals surface area contributed by atoms with Crippen LogP contribution in [0, 0.1) is 0 Å². The van der Waals surface area contributed by atoms with Gasteiger partial charge in [0.15, 0.2) is 0 Å². The van der Waals surface area contributed by atoms with Crippen LogP contribution in [0.2, 0.25) is 0 Å². The van der Waals surface area contributed by atoms with E-state index < -0.39 is 0 Å². The Kier molecular flexibility index (Phi) is 3.97. The number of anilines is 2. The van der Waals surface area contributed by atoms with E-state index in [2.05, 4.69) is 40.2 Å². The van der Waals surface area contributed by atoms with Crippen LogP contribution in [0.3, 0.4) is 0 Å². The van der Waals surface area contributed by atoms with Gasteiger partial charge in [0.05, 0.1) is 0 Å². The van der Waals surface area contributed by atoms with Gasteiger partial charge in [0.1, 0.15) is 0 Å². The quantitative estimate of drug-likeness (QED) is 0.904. The van der Waals surface area contributed by atoms with Crippen molar-refractivity contribution in [2.75, 3.05) is 18.0 Å². The van der Waals surface area contributed by atoms with Crippen molar-refractivity contribution in [1.29, 1.82) is 0 Å². The highest BCUT2D eigenvalue weighted by Gasteiger charge is 2.31. The molecule has 0 bridgehead atoms. The molecule has 2 aliphatic rings. The van der Waals surface area contributed by atoms with Gasteiger partial charge >= 0.3 is 0 Å². The first kappa shape index (κ1) is 15.5. The van der Waals surface area contributed by atoms with Crippen molar-refractivity contribution in [2.24, 2.45) is 5.73 Å². The van der Waals surface area contributed by atoms with Gasteiger partial charge in [-0.05, 0) is 37.8 Å². The number of likely N-dealkylation sites (tertiary alicyclic amines) is 1. The van der Waals surface area contributed by atoms with Gasteiger partial charge in [-0.2, -0.15) is 0 Å². The highest BCUT2D eigenvalue weighted by atomic mass is 32.1. The van der Waals surface area contributed by atoms with Crippen LogP contribution in [0.4, 0.5) is 10.8 Å². The zero-order valence-electron chi connectivity index (χ0n) is 13.7. The standard InChI is InChI=1S/C17H21N5OS/c1-11-10-12-4-2-3-5-14(12)22(11)17-20-19-15(24-17)16(23)21-8-6-13(18)7-9-21/h2-5,11,13H,6-10,18H2,1H3. The molecule has 3 heterocycles. The van der Waals surface area contributed by atoms with E-state index in [1.165, 1.54) is 22.6 Å². The Morgan fingerprint density at radius 3 is 2.79 bits per heavy atom. The summed E-state index contributed by atoms with van der Waals surface area (Å²) in [5, 5.41) is 9.73. The number of para-hydroxylation sites is 1. The maximum atomic E-state index is 12.6. The van der Waals surface area contributed by atoms with E-state index in [4.69, 9.17) is 5.73 Å². The highest BCUT2D eigenvalue weighted by molar-refractivity contribution is 7.17. The van der Waals surface area contributed by atoms with Gasteiger partial charge in [0.25, 0.3) is 5.91 Å². The molecule has 1 saturated heterocycles. The number of aromatic nitrogens is 2. The number of hydrogen-bond acceptors (Lipinski definition) is 6. The number of rotatable bonds is 2. The second-order valence-corrected chi connectivity index (χ2v) is 7.53. The first-order valence-electron chi connectivity index (χ1n) is 8.39. The number of nitrogens with zero attached hydrogens (tertiary/aromatic N) is 4. The summed E-state index contributed by atoms with van der Waals surface area (Å²) in [7, 11) is 0. The van der Waals surface area contributed by atoms with Crippen molar-refractivity contribution in [1.82, 2.24) is 15.1 Å². The minimum Gasteiger partial charge on any atom is -0.336 e. The Morgan fingerprint density at radius 1 is 1.25 bits per heavy atom. The van der Waals surface area contributed by atoms with Gasteiger partial charge in [0, 0.05) is 30.9 Å². The first-order chi connectivity index (χ1) is 11.6. The Hall–Kier alpha value is -1.99. The molecule has 7 heteroatoms. The van der Waals surface area contributed by atoms with Crippen molar-refractivity contribution in [3.63, 3.8) is 0 Å². The largest absolute Gasteiger partial charge is 0.336 e. The lowest BCUT2D eigenvalue weighted by atomic mass is 10.1. The molecule has 4 rings (SSSR count). The van der Waals surface area contributed by atoms with Crippen LogP contribution in [0.5, 0.6) is 0 Å². The summed E-state index contributed by atoms with van der Waals surface area (Å²) in [5.41, 5.74) is 8.40. The smallest absolute Gasteiger partial charge is 0.284 e. The van der Waals surface area contributed by atoms with Crippen LogP contribution in [0.15, 0.2) is 24.3 Å². The van der Waals surface area contributed by atoms with Crippen molar-refractivity contribution in [2.45, 2.75) is 38.3 Å². The lowest BCUT2D eigenvalue weighted by Crippen LogP contribution is -2.42. The van der Waals surface area contributed by atoms with Gasteiger partial charge in [0.2, 0.25) is 10.1 Å². The number of hydrogen-bond donors (Lipinski definition) is 1. The Balaban J connectivity index is 1.56. The normalized spacial score (nSPS) is 21.2. The third-order valence-electron chi connectivity index (χ3n) is 4.84. The van der Waals surface area contributed by atoms with Crippen LogP contribution in [-0.2, 0) is 6.42 Å². The number of nitrogens with two attached hydrogens (primary N) is 1. The third-order valence-corrected chi connectivity index (χ3v) is 5.75. The number of amides is 1. The van der Waals surface area contributed by atoms with Gasteiger partial charge in [-0.25, -0.2) is 0 Å². The lowest BCUT2D eigenvalue weighted by molar-refractivity contribution is 0.0713. The molecule has 2 aromatic rings. The molecule has 1 fully saturated rings. The number of benzene rings is 1. The number of fused-ring (bicyclic) bond motifs is 1. The Bertz CT molecular complexity index is 753. The van der Waals surface area contributed by atoms with Crippen molar-refractivity contribution < 1.29 is 4.79 Å². The monoisotopic (exact) mass is 343 g/mol. The molecule has 24 heavy (non-hydrogen) atoms. The summed E-state index contributed by atoms with van der Waals surface area (Å²) < 4.78 is 0. The number of piperidine rings is 1. The molecule has 1 aromatic heterocycles. The molecule has 0 saturated carbocycles. The zero-order valence-corrected chi connectivity index (χ0v) is 14.5. The molecule has 0 spiro atoms. The van der Waals surface area contributed by atoms with Gasteiger partial charge < -0.3 is 15.5 Å². The molecule has 6 nitrogen and oxygen atoms in total. The van der Waals surface area contributed by atoms with Gasteiger partial charge in [-0.3, -0.25) is 4.79 Å². The highest BCUT2D eigenvalue weighted by Crippen LogP contribution is 2.39. The average molecular weight is 343 g/mol. The molecule has 1 atom stereocenters. The molecule has 2 N–H and O–H groups in total. The van der Waals surface area contributed by atoms with Gasteiger partial charge in [-0.1, -0.05) is 29.5 Å². The molecule has 2 aliphatic heterocycles. The topological polar surface area (TPSA) is 75.4 Å². The predicted octanol–water partition coefficient (Wildman–Crippen LogP) is 2.18. The summed E-state index contributed by atoms with van der Waals surface area (Å²) in [6.07, 6.45) is 2.70. The molecule has 0 radical (unpaired) electrons. The molecular weight excluding hydrogens is 322 g/mol. The predicted molar refractivity (Wildman–Crippen MR) is 94.8 cm³/mol. The molecule has 1 amide bonds. The number of carbonyl (C=O) groups is 1. The summed E-state index contributed by atoms with van der Waals surface area (Å²) in [5.74, 6) is -0.0224. The van der Waals surface area contributed by atoms with Gasteiger partial charge in [-0.15, -0.1) is 10.2 Å². The van der Waals surface area contributed by atoms with E-state index in [0.717, 1.165) is 24.4 Å². The molecule has 1 aromatic carbocycles. The Labute approximate surface area is 145 Å². The van der Waals surface area contributed by atoms with E-state index in [-0.39, 0.29) is 11.9 Å². The van der Waals surface area contributed by atoms with Crippen molar-refractivity contribution in [3.8, 4) is 0 Å². The SMILES string of the molecule is CC1Cc2ccccc2N1c1nnc(C(=O)N2CCC(N)CC2)s1. The second-order valence-electron chi connectivity index (χ2n) is 6.57. The van der Waals surface area contributed by atoms with E-state index in [1.54, 1.807) is 0 Å². The van der Waals surface area contributed by atoms with Crippen molar-refractivity contribution >= 4 is 28.1 Å². The fourth-order valence-electron chi connectivity index (χ4n) is 3.49. The fourth-order valence-corrected chi connectivity index (χ4v) is 4.42. The van der Waals surface area contributed by atoms with Crippen LogP contribution in [0.25, 0.3) is 0 Å². The van der Waals surface area contributed by atoms with E-state index >= 15 is 0 Å². The van der Waals surface area contributed by atoms with Crippen molar-refractivity contribution in [3.05, 3.63) is 34.8 Å². The summed E-state index contributed by atoms with van der Waals surface area (Å²) in [6.45, 7) is 3.59. The average Bonchev–Trinajstić information content (AvgIpc) is 3.18. The van der Waals surface area contributed by atoms with E-state index in [1.807, 2.05) is 11.0 Å². The maximum Gasteiger partial charge on any atom is 0.284 e. The van der Waals surface area contributed by atoms with Crippen LogP contribution in [-0.4, -0.2) is 46.2 Å². The minimum atomic E-state index is -0.0224. The lowest BCUT2D eigenvalue weighted by Gasteiger charge is -2.29. The third kappa shape index (κ3) is 2.67. The fraction of sp³-hybridized carbons (Fsp3) is 0.471. The number of carbonyl (C=O) groups excluding carboxylic acids is 1. The van der Waals surface area contributed by atoms with E-state index in [9.17, 15) is 4.79 Å². The summed E-state index contributed by atoms with van der Waals surface area (Å²) in [4.78, 5) is 16.7. The van der Waals surface area contributed by atoms with Crippen LogP contribution < -0.4 is 10.6 Å². The first-order valence-corrected chi connectivity index (χ1v) is 9.20. The van der Waals surface area contributed by atoms with Crippen LogP contribution in [0.1, 0.15) is 35.1 Å². The maximum absolute atomic E-state index is 12.6.